The molecular weight excluding hydrogens is 324 g/mol. The Morgan fingerprint density at radius 1 is 1.25 bits per heavy atom. The van der Waals surface area contributed by atoms with Gasteiger partial charge < -0.3 is 14.6 Å². The zero-order chi connectivity index (χ0) is 18.1. The molecule has 1 aliphatic heterocycles. The molecule has 1 aromatic carbocycles. The molecule has 1 heterocycles. The van der Waals surface area contributed by atoms with E-state index >= 15 is 0 Å². The number of carbonyl (C=O) groups excluding carboxylic acids is 1. The predicted octanol–water partition coefficient (Wildman–Crippen LogP) is 3.80. The zero-order valence-corrected chi connectivity index (χ0v) is 16.0. The van der Waals surface area contributed by atoms with Gasteiger partial charge in [0.2, 0.25) is 5.91 Å². The predicted molar refractivity (Wildman–Crippen MR) is 98.9 cm³/mol. The van der Waals surface area contributed by atoms with E-state index < -0.39 is 18.3 Å². The SMILES string of the molecule is CC(=O)NCC(=Cc1c(C)cccc1Cl)B1OC(C)(C)C(C)(C)O1. The molecular formula is C18H25BClNO3. The van der Waals surface area contributed by atoms with E-state index in [2.05, 4.69) is 5.32 Å². The van der Waals surface area contributed by atoms with Gasteiger partial charge >= 0.3 is 7.12 Å². The van der Waals surface area contributed by atoms with Crippen LogP contribution in [0, 0.1) is 6.92 Å². The van der Waals surface area contributed by atoms with Crippen molar-refractivity contribution < 1.29 is 14.1 Å². The number of rotatable bonds is 4. The molecule has 1 amide bonds. The van der Waals surface area contributed by atoms with Crippen LogP contribution in [0.2, 0.25) is 5.02 Å². The number of nitrogens with one attached hydrogen (secondary N) is 1. The van der Waals surface area contributed by atoms with Crippen molar-refractivity contribution in [3.05, 3.63) is 39.8 Å². The number of carbonyl (C=O) groups is 1. The van der Waals surface area contributed by atoms with Gasteiger partial charge in [-0.1, -0.05) is 29.8 Å². The third-order valence-corrected chi connectivity index (χ3v) is 5.03. The fourth-order valence-corrected chi connectivity index (χ4v) is 2.71. The first-order valence-corrected chi connectivity index (χ1v) is 8.47. The molecule has 0 saturated carbocycles. The summed E-state index contributed by atoms with van der Waals surface area (Å²) in [5.41, 5.74) is 1.92. The van der Waals surface area contributed by atoms with Gasteiger partial charge in [-0.3, -0.25) is 4.79 Å². The van der Waals surface area contributed by atoms with Crippen LogP contribution in [-0.4, -0.2) is 30.8 Å². The van der Waals surface area contributed by atoms with Gasteiger partial charge in [-0.05, 0) is 57.3 Å². The lowest BCUT2D eigenvalue weighted by Gasteiger charge is -2.32. The standard InChI is InChI=1S/C18H25BClNO3/c1-12-8-7-9-16(20)15(12)10-14(11-21-13(2)22)19-23-17(3,4)18(5,6)24-19/h7-10H,11H2,1-6H3,(H,21,22). The molecule has 0 unspecified atom stereocenters. The maximum atomic E-state index is 11.4. The van der Waals surface area contributed by atoms with Crippen LogP contribution >= 0.6 is 11.6 Å². The van der Waals surface area contributed by atoms with Crippen molar-refractivity contribution in [1.29, 1.82) is 0 Å². The smallest absolute Gasteiger partial charge is 0.400 e. The lowest BCUT2D eigenvalue weighted by atomic mass is 9.76. The van der Waals surface area contributed by atoms with Gasteiger partial charge in [-0.15, -0.1) is 0 Å². The van der Waals surface area contributed by atoms with Crippen molar-refractivity contribution in [3.8, 4) is 0 Å². The first kappa shape index (κ1) is 19.0. The second kappa shape index (κ2) is 6.91. The van der Waals surface area contributed by atoms with Gasteiger partial charge in [-0.2, -0.15) is 0 Å². The highest BCUT2D eigenvalue weighted by Crippen LogP contribution is 2.39. The van der Waals surface area contributed by atoms with Gasteiger partial charge in [0.1, 0.15) is 0 Å². The molecule has 130 valence electrons. The Morgan fingerprint density at radius 2 is 1.83 bits per heavy atom. The minimum atomic E-state index is -0.530. The van der Waals surface area contributed by atoms with Crippen molar-refractivity contribution in [2.45, 2.75) is 52.7 Å². The fourth-order valence-electron chi connectivity index (χ4n) is 2.44. The van der Waals surface area contributed by atoms with E-state index in [0.29, 0.717) is 11.6 Å². The lowest BCUT2D eigenvalue weighted by Crippen LogP contribution is -2.41. The van der Waals surface area contributed by atoms with Crippen LogP contribution < -0.4 is 5.32 Å². The van der Waals surface area contributed by atoms with Crippen LogP contribution in [0.5, 0.6) is 0 Å². The average Bonchev–Trinajstić information content (AvgIpc) is 2.65. The number of halogens is 1. The van der Waals surface area contributed by atoms with Gasteiger partial charge in [0, 0.05) is 18.5 Å². The Balaban J connectivity index is 2.39. The number of hydrogen-bond acceptors (Lipinski definition) is 3. The van der Waals surface area contributed by atoms with Crippen LogP contribution in [0.15, 0.2) is 23.7 Å². The summed E-state index contributed by atoms with van der Waals surface area (Å²) in [6.07, 6.45) is 1.95. The third-order valence-electron chi connectivity index (χ3n) is 4.70. The second-order valence-electron chi connectivity index (χ2n) is 7.19. The van der Waals surface area contributed by atoms with Gasteiger partial charge in [-0.25, -0.2) is 0 Å². The van der Waals surface area contributed by atoms with Crippen LogP contribution in [0.3, 0.4) is 0 Å². The number of amides is 1. The van der Waals surface area contributed by atoms with Crippen LogP contribution in [-0.2, 0) is 14.1 Å². The van der Waals surface area contributed by atoms with Crippen molar-refractivity contribution in [3.63, 3.8) is 0 Å². The molecule has 1 aromatic rings. The Hall–Kier alpha value is -1.30. The Kier molecular flexibility index (Phi) is 5.48. The highest BCUT2D eigenvalue weighted by Gasteiger charge is 2.52. The second-order valence-corrected chi connectivity index (χ2v) is 7.59. The van der Waals surface area contributed by atoms with Crippen LogP contribution in [0.1, 0.15) is 45.7 Å². The molecule has 6 heteroatoms. The highest BCUT2D eigenvalue weighted by molar-refractivity contribution is 6.56. The van der Waals surface area contributed by atoms with E-state index in [9.17, 15) is 4.79 Å². The minimum Gasteiger partial charge on any atom is -0.400 e. The molecule has 0 radical (unpaired) electrons. The zero-order valence-electron chi connectivity index (χ0n) is 15.2. The molecule has 0 atom stereocenters. The maximum Gasteiger partial charge on any atom is 0.492 e. The monoisotopic (exact) mass is 349 g/mol. The van der Waals surface area contributed by atoms with Gasteiger partial charge in [0.05, 0.1) is 11.2 Å². The van der Waals surface area contributed by atoms with E-state index in [4.69, 9.17) is 20.9 Å². The molecule has 24 heavy (non-hydrogen) atoms. The summed E-state index contributed by atoms with van der Waals surface area (Å²) in [5.74, 6) is -0.103. The number of benzene rings is 1. The lowest BCUT2D eigenvalue weighted by molar-refractivity contribution is -0.118. The molecule has 0 aromatic heterocycles. The van der Waals surface area contributed by atoms with Gasteiger partial charge in [0.25, 0.3) is 0 Å². The van der Waals surface area contributed by atoms with E-state index in [1.54, 1.807) is 0 Å². The molecule has 1 saturated heterocycles. The van der Waals surface area contributed by atoms with E-state index in [1.807, 2.05) is 58.9 Å². The summed E-state index contributed by atoms with van der Waals surface area (Å²) in [6, 6.07) is 5.76. The fraction of sp³-hybridized carbons (Fsp3) is 0.500. The normalized spacial score (nSPS) is 19.5. The van der Waals surface area contributed by atoms with Crippen LogP contribution in [0.25, 0.3) is 6.08 Å². The molecule has 1 N–H and O–H groups in total. The minimum absolute atomic E-state index is 0.103. The van der Waals surface area contributed by atoms with Crippen molar-refractivity contribution in [2.24, 2.45) is 0 Å². The molecule has 0 aliphatic carbocycles. The molecule has 0 bridgehead atoms. The Bertz CT molecular complexity index is 634. The average molecular weight is 350 g/mol. The summed E-state index contributed by atoms with van der Waals surface area (Å²) in [7, 11) is -0.530. The first-order chi connectivity index (χ1) is 11.0. The van der Waals surface area contributed by atoms with Crippen molar-refractivity contribution in [2.75, 3.05) is 6.54 Å². The third kappa shape index (κ3) is 4.02. The Morgan fingerprint density at radius 3 is 2.33 bits per heavy atom. The summed E-state index contributed by atoms with van der Waals surface area (Å²) < 4.78 is 12.3. The number of aryl methyl sites for hydroxylation is 1. The van der Waals surface area contributed by atoms with Gasteiger partial charge in [0.15, 0.2) is 0 Å². The van der Waals surface area contributed by atoms with Crippen molar-refractivity contribution in [1.82, 2.24) is 5.32 Å². The summed E-state index contributed by atoms with van der Waals surface area (Å²) in [4.78, 5) is 11.4. The molecule has 2 rings (SSSR count). The highest BCUT2D eigenvalue weighted by atomic mass is 35.5. The topological polar surface area (TPSA) is 47.6 Å². The Labute approximate surface area is 149 Å². The molecule has 4 nitrogen and oxygen atoms in total. The van der Waals surface area contributed by atoms with Crippen molar-refractivity contribution >= 4 is 30.7 Å². The summed E-state index contributed by atoms with van der Waals surface area (Å²) in [5, 5.41) is 3.49. The largest absolute Gasteiger partial charge is 0.492 e. The molecule has 0 spiro atoms. The van der Waals surface area contributed by atoms with E-state index in [-0.39, 0.29) is 5.91 Å². The maximum absolute atomic E-state index is 11.4. The summed E-state index contributed by atoms with van der Waals surface area (Å²) in [6.45, 7) is 11.8. The quantitative estimate of drug-likeness (QED) is 0.841. The summed E-state index contributed by atoms with van der Waals surface area (Å²) >= 11 is 6.34. The van der Waals surface area contributed by atoms with Crippen LogP contribution in [0.4, 0.5) is 0 Å². The van der Waals surface area contributed by atoms with E-state index in [0.717, 1.165) is 16.6 Å². The first-order valence-electron chi connectivity index (χ1n) is 8.09. The molecule has 1 aliphatic rings. The number of hydrogen-bond donors (Lipinski definition) is 1. The molecule has 1 fully saturated rings. The van der Waals surface area contributed by atoms with E-state index in [1.165, 1.54) is 6.92 Å².